The van der Waals surface area contributed by atoms with Crippen molar-refractivity contribution in [2.45, 2.75) is 6.04 Å². The van der Waals surface area contributed by atoms with Gasteiger partial charge in [0.1, 0.15) is 0 Å². The molecule has 1 fully saturated rings. The first-order valence-electron chi connectivity index (χ1n) is 4.61. The van der Waals surface area contributed by atoms with E-state index < -0.39 is 0 Å². The average molecular weight is 276 g/mol. The molecule has 1 atom stereocenters. The molecule has 1 N–H and O–H groups in total. The zero-order valence-corrected chi connectivity index (χ0v) is 10.7. The minimum atomic E-state index is 0. The van der Waals surface area contributed by atoms with Crippen LogP contribution in [0.3, 0.4) is 0 Å². The van der Waals surface area contributed by atoms with Gasteiger partial charge in [-0.2, -0.15) is 16.3 Å². The molecular formula is C9H10ClN3OS2. The first-order chi connectivity index (χ1) is 7.43. The Hall–Kier alpha value is -0.560. The summed E-state index contributed by atoms with van der Waals surface area (Å²) in [6.07, 6.45) is 0. The van der Waals surface area contributed by atoms with Gasteiger partial charge in [0.05, 0.1) is 6.04 Å². The van der Waals surface area contributed by atoms with Crippen LogP contribution in [0.15, 0.2) is 21.3 Å². The Kier molecular flexibility index (Phi) is 3.86. The second-order valence-electron chi connectivity index (χ2n) is 3.24. The molecule has 3 heterocycles. The molecule has 0 amide bonds. The van der Waals surface area contributed by atoms with E-state index in [0.717, 1.165) is 17.2 Å². The quantitative estimate of drug-likeness (QED) is 0.913. The number of thiophene rings is 1. The topological polar surface area (TPSA) is 51.0 Å². The van der Waals surface area contributed by atoms with Gasteiger partial charge in [0, 0.05) is 22.6 Å². The minimum absolute atomic E-state index is 0. The zero-order valence-electron chi connectivity index (χ0n) is 8.25. The lowest BCUT2D eigenvalue weighted by Gasteiger charge is -1.99. The van der Waals surface area contributed by atoms with Crippen LogP contribution >= 0.6 is 35.5 Å². The highest BCUT2D eigenvalue weighted by Gasteiger charge is 2.23. The second-order valence-corrected chi connectivity index (χ2v) is 5.05. The summed E-state index contributed by atoms with van der Waals surface area (Å²) in [6, 6.07) is 2.21. The number of hydrogen-bond acceptors (Lipinski definition) is 6. The SMILES string of the molecule is Cl.c1cc(-c2noc(C3CSCN3)n2)cs1. The molecule has 0 spiro atoms. The number of rotatable bonds is 2. The summed E-state index contributed by atoms with van der Waals surface area (Å²) in [6.45, 7) is 0. The third kappa shape index (κ3) is 2.24. The van der Waals surface area contributed by atoms with Gasteiger partial charge in [-0.25, -0.2) is 0 Å². The van der Waals surface area contributed by atoms with E-state index in [1.54, 1.807) is 11.3 Å². The summed E-state index contributed by atoms with van der Waals surface area (Å²) in [5, 5.41) is 11.3. The monoisotopic (exact) mass is 275 g/mol. The number of aromatic nitrogens is 2. The number of halogens is 1. The van der Waals surface area contributed by atoms with Gasteiger partial charge in [0.2, 0.25) is 11.7 Å². The molecule has 3 rings (SSSR count). The van der Waals surface area contributed by atoms with Crippen LogP contribution in [0.1, 0.15) is 11.9 Å². The standard InChI is InChI=1S/C9H9N3OS2.ClH/c1-2-14-3-6(1)8-11-9(13-12-8)7-4-15-5-10-7;/h1-3,7,10H,4-5H2;1H. The van der Waals surface area contributed by atoms with Crippen LogP contribution in [0.5, 0.6) is 0 Å². The molecular weight excluding hydrogens is 266 g/mol. The summed E-state index contributed by atoms with van der Waals surface area (Å²) >= 11 is 3.48. The van der Waals surface area contributed by atoms with Gasteiger partial charge in [0.25, 0.3) is 0 Å². The van der Waals surface area contributed by atoms with Crippen molar-refractivity contribution in [2.75, 3.05) is 11.6 Å². The van der Waals surface area contributed by atoms with Crippen molar-refractivity contribution >= 4 is 35.5 Å². The Balaban J connectivity index is 0.000000963. The van der Waals surface area contributed by atoms with Crippen molar-refractivity contribution in [3.05, 3.63) is 22.7 Å². The summed E-state index contributed by atoms with van der Waals surface area (Å²) in [5.74, 6) is 3.35. The maximum Gasteiger partial charge on any atom is 0.244 e. The molecule has 16 heavy (non-hydrogen) atoms. The highest BCUT2D eigenvalue weighted by atomic mass is 35.5. The number of hydrogen-bond donors (Lipinski definition) is 1. The Morgan fingerprint density at radius 3 is 3.12 bits per heavy atom. The van der Waals surface area contributed by atoms with Crippen LogP contribution < -0.4 is 5.32 Å². The van der Waals surface area contributed by atoms with E-state index in [1.165, 1.54) is 0 Å². The Morgan fingerprint density at radius 1 is 1.50 bits per heavy atom. The van der Waals surface area contributed by atoms with Crippen LogP contribution in [-0.2, 0) is 0 Å². The fourth-order valence-electron chi connectivity index (χ4n) is 1.44. The first kappa shape index (κ1) is 11.9. The van der Waals surface area contributed by atoms with E-state index in [9.17, 15) is 0 Å². The fourth-order valence-corrected chi connectivity index (χ4v) is 3.01. The molecule has 1 aliphatic rings. The van der Waals surface area contributed by atoms with E-state index in [4.69, 9.17) is 4.52 Å². The predicted molar refractivity (Wildman–Crippen MR) is 68.1 cm³/mol. The summed E-state index contributed by atoms with van der Waals surface area (Å²) < 4.78 is 5.24. The van der Waals surface area contributed by atoms with Crippen LogP contribution in [0.2, 0.25) is 0 Å². The lowest BCUT2D eigenvalue weighted by molar-refractivity contribution is 0.351. The predicted octanol–water partition coefficient (Wildman–Crippen LogP) is 2.55. The minimum Gasteiger partial charge on any atom is -0.337 e. The fraction of sp³-hybridized carbons (Fsp3) is 0.333. The maximum atomic E-state index is 5.24. The van der Waals surface area contributed by atoms with Crippen molar-refractivity contribution in [1.82, 2.24) is 15.5 Å². The van der Waals surface area contributed by atoms with Gasteiger partial charge >= 0.3 is 0 Å². The highest BCUT2D eigenvalue weighted by Crippen LogP contribution is 2.25. The third-order valence-electron chi connectivity index (χ3n) is 2.24. The molecule has 2 aromatic heterocycles. The Bertz CT molecular complexity index is 439. The molecule has 2 aromatic rings. The molecule has 1 unspecified atom stereocenters. The lowest BCUT2D eigenvalue weighted by atomic mass is 10.3. The van der Waals surface area contributed by atoms with Crippen LogP contribution in [0.25, 0.3) is 11.4 Å². The van der Waals surface area contributed by atoms with Gasteiger partial charge in [-0.05, 0) is 11.4 Å². The molecule has 0 saturated carbocycles. The summed E-state index contributed by atoms with van der Waals surface area (Å²) in [7, 11) is 0. The summed E-state index contributed by atoms with van der Waals surface area (Å²) in [5.41, 5.74) is 1.03. The lowest BCUT2D eigenvalue weighted by Crippen LogP contribution is -2.14. The van der Waals surface area contributed by atoms with Crippen molar-refractivity contribution in [3.8, 4) is 11.4 Å². The largest absolute Gasteiger partial charge is 0.337 e. The highest BCUT2D eigenvalue weighted by molar-refractivity contribution is 7.99. The van der Waals surface area contributed by atoms with Gasteiger partial charge in [0.15, 0.2) is 0 Å². The second kappa shape index (κ2) is 5.18. The normalized spacial score (nSPS) is 19.6. The van der Waals surface area contributed by atoms with E-state index in [1.807, 2.05) is 28.6 Å². The van der Waals surface area contributed by atoms with Crippen LogP contribution in [0, 0.1) is 0 Å². The smallest absolute Gasteiger partial charge is 0.244 e. The zero-order chi connectivity index (χ0) is 10.1. The van der Waals surface area contributed by atoms with Crippen molar-refractivity contribution in [1.29, 1.82) is 0 Å². The van der Waals surface area contributed by atoms with Crippen molar-refractivity contribution in [2.24, 2.45) is 0 Å². The van der Waals surface area contributed by atoms with Crippen LogP contribution in [-0.4, -0.2) is 21.8 Å². The first-order valence-corrected chi connectivity index (χ1v) is 6.70. The van der Waals surface area contributed by atoms with Crippen molar-refractivity contribution < 1.29 is 4.52 Å². The van der Waals surface area contributed by atoms with E-state index in [2.05, 4.69) is 15.5 Å². The molecule has 0 radical (unpaired) electrons. The summed E-state index contributed by atoms with van der Waals surface area (Å²) in [4.78, 5) is 4.39. The molecule has 86 valence electrons. The van der Waals surface area contributed by atoms with E-state index in [0.29, 0.717) is 11.7 Å². The van der Waals surface area contributed by atoms with E-state index in [-0.39, 0.29) is 18.4 Å². The number of nitrogens with zero attached hydrogens (tertiary/aromatic N) is 2. The average Bonchev–Trinajstić information content (AvgIpc) is 3.02. The molecule has 1 aliphatic heterocycles. The van der Waals surface area contributed by atoms with Gasteiger partial charge in [-0.3, -0.25) is 5.32 Å². The van der Waals surface area contributed by atoms with Gasteiger partial charge in [-0.15, -0.1) is 24.2 Å². The van der Waals surface area contributed by atoms with Crippen LogP contribution in [0.4, 0.5) is 0 Å². The molecule has 0 bridgehead atoms. The van der Waals surface area contributed by atoms with Gasteiger partial charge < -0.3 is 4.52 Å². The van der Waals surface area contributed by atoms with Gasteiger partial charge in [-0.1, -0.05) is 5.16 Å². The number of nitrogens with one attached hydrogen (secondary N) is 1. The maximum absolute atomic E-state index is 5.24. The third-order valence-corrected chi connectivity index (χ3v) is 3.86. The molecule has 0 aliphatic carbocycles. The Morgan fingerprint density at radius 2 is 2.44 bits per heavy atom. The molecule has 7 heteroatoms. The molecule has 1 saturated heterocycles. The number of thioether (sulfide) groups is 1. The van der Waals surface area contributed by atoms with E-state index >= 15 is 0 Å². The molecule has 4 nitrogen and oxygen atoms in total. The molecule has 0 aromatic carbocycles. The Labute approximate surface area is 107 Å². The van der Waals surface area contributed by atoms with Crippen molar-refractivity contribution in [3.63, 3.8) is 0 Å².